The first kappa shape index (κ1) is 26.7. The second-order valence-corrected chi connectivity index (χ2v) is 9.56. The van der Waals surface area contributed by atoms with Gasteiger partial charge in [0.15, 0.2) is 5.65 Å². The Bertz CT molecular complexity index is 1140. The molecule has 2 saturated heterocycles. The van der Waals surface area contributed by atoms with Crippen LogP contribution in [0.2, 0.25) is 5.02 Å². The van der Waals surface area contributed by atoms with Crippen LogP contribution in [0.1, 0.15) is 24.6 Å². The fourth-order valence-electron chi connectivity index (χ4n) is 4.97. The molecule has 0 spiro atoms. The van der Waals surface area contributed by atoms with Crippen LogP contribution in [-0.4, -0.2) is 90.7 Å². The van der Waals surface area contributed by atoms with Crippen LogP contribution < -0.4 is 14.5 Å². The fourth-order valence-corrected chi connectivity index (χ4v) is 5.17. The number of H-pyrrole nitrogens is 1. The molecule has 0 radical (unpaired) electrons. The minimum atomic E-state index is 0. The number of rotatable bonds is 8. The molecule has 0 amide bonds. The summed E-state index contributed by atoms with van der Waals surface area (Å²) in [7, 11) is 0. The maximum absolute atomic E-state index is 6.52. The summed E-state index contributed by atoms with van der Waals surface area (Å²) in [6, 6.07) is 4.00. The van der Waals surface area contributed by atoms with Crippen molar-refractivity contribution in [3.8, 4) is 5.75 Å². The SMILES string of the molecule is CCc1n[nH]c2ncnc(N3CCN(c4cc(Cl)cc(OCCCN5CCOCC5)c4C)CC3)c12.Cl. The predicted molar refractivity (Wildman–Crippen MR) is 146 cm³/mol. The maximum Gasteiger partial charge on any atom is 0.160 e. The second kappa shape index (κ2) is 12.3. The van der Waals surface area contributed by atoms with E-state index in [-0.39, 0.29) is 12.4 Å². The molecule has 0 bridgehead atoms. The third-order valence-corrected chi connectivity index (χ3v) is 7.16. The van der Waals surface area contributed by atoms with E-state index in [1.807, 2.05) is 6.07 Å². The van der Waals surface area contributed by atoms with Crippen LogP contribution in [0.4, 0.5) is 11.5 Å². The molecule has 3 aromatic rings. The molecule has 0 aliphatic carbocycles. The van der Waals surface area contributed by atoms with E-state index >= 15 is 0 Å². The van der Waals surface area contributed by atoms with Gasteiger partial charge in [0.1, 0.15) is 17.9 Å². The molecule has 1 aromatic carbocycles. The second-order valence-electron chi connectivity index (χ2n) is 9.12. The van der Waals surface area contributed by atoms with Gasteiger partial charge in [0, 0.05) is 62.1 Å². The van der Waals surface area contributed by atoms with Crippen LogP contribution in [0.25, 0.3) is 11.0 Å². The third-order valence-electron chi connectivity index (χ3n) is 6.94. The van der Waals surface area contributed by atoms with E-state index in [0.717, 1.165) is 111 Å². The maximum atomic E-state index is 6.52. The lowest BCUT2D eigenvalue weighted by molar-refractivity contribution is 0.0358. The highest BCUT2D eigenvalue weighted by molar-refractivity contribution is 6.31. The first-order valence-electron chi connectivity index (χ1n) is 12.5. The van der Waals surface area contributed by atoms with Crippen molar-refractivity contribution in [1.29, 1.82) is 0 Å². The van der Waals surface area contributed by atoms with E-state index in [0.29, 0.717) is 11.6 Å². The molecule has 0 saturated carbocycles. The van der Waals surface area contributed by atoms with Crippen LogP contribution in [0.5, 0.6) is 5.75 Å². The molecule has 2 aromatic heterocycles. The van der Waals surface area contributed by atoms with Gasteiger partial charge in [-0.2, -0.15) is 5.10 Å². The summed E-state index contributed by atoms with van der Waals surface area (Å²) in [6.45, 7) is 13.1. The monoisotopic (exact) mass is 535 g/mol. The van der Waals surface area contributed by atoms with Crippen molar-refractivity contribution in [2.45, 2.75) is 26.7 Å². The van der Waals surface area contributed by atoms with E-state index in [9.17, 15) is 0 Å². The Labute approximate surface area is 223 Å². The van der Waals surface area contributed by atoms with Crippen molar-refractivity contribution >= 4 is 46.5 Å². The lowest BCUT2D eigenvalue weighted by Crippen LogP contribution is -2.47. The number of nitrogens with one attached hydrogen (secondary N) is 1. The van der Waals surface area contributed by atoms with Gasteiger partial charge in [-0.3, -0.25) is 10.00 Å². The molecule has 196 valence electrons. The average Bonchev–Trinajstić information content (AvgIpc) is 3.32. The summed E-state index contributed by atoms with van der Waals surface area (Å²) in [5.41, 5.74) is 4.10. The summed E-state index contributed by atoms with van der Waals surface area (Å²) in [4.78, 5) is 16.1. The average molecular weight is 537 g/mol. The Kier molecular flexibility index (Phi) is 9.11. The number of hydrogen-bond donors (Lipinski definition) is 1. The number of fused-ring (bicyclic) bond motifs is 1. The molecule has 4 heterocycles. The van der Waals surface area contributed by atoms with Gasteiger partial charge < -0.3 is 19.3 Å². The molecular weight excluding hydrogens is 501 g/mol. The standard InChI is InChI=1S/C25H34ClN7O2.ClH/c1-3-20-23-24(30-29-20)27-17-28-25(23)33-8-6-32(7-9-33)21-15-19(26)16-22(18(21)2)35-12-4-5-31-10-13-34-14-11-31;/h15-17H,3-14H2,1-2H3,(H,27,28,29,30);1H. The Morgan fingerprint density at radius 3 is 2.56 bits per heavy atom. The number of nitrogens with zero attached hydrogens (tertiary/aromatic N) is 6. The lowest BCUT2D eigenvalue weighted by Gasteiger charge is -2.37. The van der Waals surface area contributed by atoms with Gasteiger partial charge in [-0.25, -0.2) is 9.97 Å². The van der Waals surface area contributed by atoms with Gasteiger partial charge in [-0.05, 0) is 31.9 Å². The highest BCUT2D eigenvalue weighted by atomic mass is 35.5. The molecule has 0 atom stereocenters. The summed E-state index contributed by atoms with van der Waals surface area (Å²) in [5, 5.41) is 9.20. The van der Waals surface area contributed by atoms with Crippen molar-refractivity contribution in [3.05, 3.63) is 34.7 Å². The van der Waals surface area contributed by atoms with Gasteiger partial charge in [-0.15, -0.1) is 12.4 Å². The number of aromatic amines is 1. The molecule has 11 heteroatoms. The number of aryl methyl sites for hydroxylation is 1. The number of hydrogen-bond acceptors (Lipinski definition) is 8. The van der Waals surface area contributed by atoms with Crippen molar-refractivity contribution in [2.75, 3.05) is 75.4 Å². The zero-order valence-corrected chi connectivity index (χ0v) is 22.6. The topological polar surface area (TPSA) is 82.6 Å². The van der Waals surface area contributed by atoms with E-state index in [2.05, 4.69) is 54.8 Å². The number of morpholine rings is 1. The van der Waals surface area contributed by atoms with Crippen molar-refractivity contribution < 1.29 is 9.47 Å². The molecule has 1 N–H and O–H groups in total. The highest BCUT2D eigenvalue weighted by Crippen LogP contribution is 2.34. The smallest absolute Gasteiger partial charge is 0.160 e. The van der Waals surface area contributed by atoms with Gasteiger partial charge in [0.05, 0.1) is 30.9 Å². The van der Waals surface area contributed by atoms with E-state index < -0.39 is 0 Å². The minimum absolute atomic E-state index is 0. The van der Waals surface area contributed by atoms with E-state index in [1.54, 1.807) is 6.33 Å². The summed E-state index contributed by atoms with van der Waals surface area (Å²) >= 11 is 6.52. The van der Waals surface area contributed by atoms with Crippen LogP contribution in [0, 0.1) is 6.92 Å². The van der Waals surface area contributed by atoms with E-state index in [4.69, 9.17) is 21.1 Å². The quantitative estimate of drug-likeness (QED) is 0.437. The molecule has 36 heavy (non-hydrogen) atoms. The number of halogens is 2. The first-order valence-corrected chi connectivity index (χ1v) is 12.9. The summed E-state index contributed by atoms with van der Waals surface area (Å²) in [6.07, 6.45) is 3.45. The Morgan fingerprint density at radius 1 is 1.06 bits per heavy atom. The number of benzene rings is 1. The number of ether oxygens (including phenoxy) is 2. The van der Waals surface area contributed by atoms with Crippen LogP contribution in [0.3, 0.4) is 0 Å². The number of anilines is 2. The van der Waals surface area contributed by atoms with Gasteiger partial charge in [0.25, 0.3) is 0 Å². The van der Waals surface area contributed by atoms with Gasteiger partial charge in [-0.1, -0.05) is 18.5 Å². The first-order chi connectivity index (χ1) is 17.1. The molecule has 9 nitrogen and oxygen atoms in total. The van der Waals surface area contributed by atoms with Crippen molar-refractivity contribution in [3.63, 3.8) is 0 Å². The molecule has 2 aliphatic heterocycles. The Hall–Kier alpha value is -2.33. The number of aromatic nitrogens is 4. The number of piperazine rings is 1. The Balaban J connectivity index is 0.00000304. The highest BCUT2D eigenvalue weighted by Gasteiger charge is 2.24. The zero-order chi connectivity index (χ0) is 24.2. The fraction of sp³-hybridized carbons (Fsp3) is 0.560. The van der Waals surface area contributed by atoms with E-state index in [1.165, 1.54) is 0 Å². The summed E-state index contributed by atoms with van der Waals surface area (Å²) < 4.78 is 11.6. The molecular formula is C25H35Cl2N7O2. The van der Waals surface area contributed by atoms with Crippen LogP contribution in [-0.2, 0) is 11.2 Å². The predicted octanol–water partition coefficient (Wildman–Crippen LogP) is 3.73. The molecule has 5 rings (SSSR count). The van der Waals surface area contributed by atoms with Crippen LogP contribution in [0.15, 0.2) is 18.5 Å². The van der Waals surface area contributed by atoms with Crippen LogP contribution >= 0.6 is 24.0 Å². The molecule has 2 aliphatic rings. The Morgan fingerprint density at radius 2 is 1.81 bits per heavy atom. The third kappa shape index (κ3) is 5.80. The van der Waals surface area contributed by atoms with Crippen molar-refractivity contribution in [2.24, 2.45) is 0 Å². The summed E-state index contributed by atoms with van der Waals surface area (Å²) in [5.74, 6) is 1.84. The normalized spacial score (nSPS) is 16.9. The largest absolute Gasteiger partial charge is 0.493 e. The minimum Gasteiger partial charge on any atom is -0.493 e. The van der Waals surface area contributed by atoms with Gasteiger partial charge >= 0.3 is 0 Å². The van der Waals surface area contributed by atoms with Crippen molar-refractivity contribution in [1.82, 2.24) is 25.1 Å². The molecule has 2 fully saturated rings. The van der Waals surface area contributed by atoms with Gasteiger partial charge in [0.2, 0.25) is 0 Å². The molecule has 0 unspecified atom stereocenters. The lowest BCUT2D eigenvalue weighted by atomic mass is 10.1. The zero-order valence-electron chi connectivity index (χ0n) is 21.0.